The van der Waals surface area contributed by atoms with Gasteiger partial charge in [-0.15, -0.1) is 0 Å². The zero-order valence-corrected chi connectivity index (χ0v) is 10.1. The molecule has 4 nitrogen and oxygen atoms in total. The SMILES string of the molecule is N#CCc1ccc(C(=O)Nc2ccccc2O)cc1. The van der Waals surface area contributed by atoms with E-state index in [0.717, 1.165) is 5.56 Å². The van der Waals surface area contributed by atoms with Crippen LogP contribution in [0.5, 0.6) is 5.75 Å². The lowest BCUT2D eigenvalue weighted by atomic mass is 10.1. The highest BCUT2D eigenvalue weighted by molar-refractivity contribution is 6.04. The summed E-state index contributed by atoms with van der Waals surface area (Å²) in [6, 6.07) is 15.4. The van der Waals surface area contributed by atoms with Crippen LogP contribution < -0.4 is 5.32 Å². The van der Waals surface area contributed by atoms with E-state index < -0.39 is 0 Å². The summed E-state index contributed by atoms with van der Waals surface area (Å²) in [6.07, 6.45) is 0.321. The van der Waals surface area contributed by atoms with Crippen LogP contribution in [-0.4, -0.2) is 11.0 Å². The van der Waals surface area contributed by atoms with Crippen LogP contribution in [0.4, 0.5) is 5.69 Å². The third kappa shape index (κ3) is 3.11. The van der Waals surface area contributed by atoms with E-state index in [2.05, 4.69) is 5.32 Å². The fraction of sp³-hybridized carbons (Fsp3) is 0.0667. The second-order valence-corrected chi connectivity index (χ2v) is 4.00. The molecule has 94 valence electrons. The molecule has 2 aromatic carbocycles. The molecule has 0 fully saturated rings. The quantitative estimate of drug-likeness (QED) is 0.825. The van der Waals surface area contributed by atoms with E-state index in [4.69, 9.17) is 5.26 Å². The summed E-state index contributed by atoms with van der Waals surface area (Å²) in [7, 11) is 0. The molecule has 0 aliphatic carbocycles. The van der Waals surface area contributed by atoms with Crippen molar-refractivity contribution >= 4 is 11.6 Å². The van der Waals surface area contributed by atoms with Gasteiger partial charge in [-0.3, -0.25) is 4.79 Å². The summed E-state index contributed by atoms with van der Waals surface area (Å²) < 4.78 is 0. The minimum atomic E-state index is -0.301. The van der Waals surface area contributed by atoms with Crippen molar-refractivity contribution in [1.29, 1.82) is 5.26 Å². The Morgan fingerprint density at radius 3 is 2.47 bits per heavy atom. The van der Waals surface area contributed by atoms with Gasteiger partial charge in [0.05, 0.1) is 18.2 Å². The van der Waals surface area contributed by atoms with Crippen LogP contribution in [0, 0.1) is 11.3 Å². The van der Waals surface area contributed by atoms with E-state index in [0.29, 0.717) is 17.7 Å². The summed E-state index contributed by atoms with van der Waals surface area (Å²) in [5.74, 6) is -0.276. The minimum Gasteiger partial charge on any atom is -0.506 e. The van der Waals surface area contributed by atoms with Crippen molar-refractivity contribution in [1.82, 2.24) is 0 Å². The molecule has 1 amide bonds. The molecule has 0 atom stereocenters. The van der Waals surface area contributed by atoms with Gasteiger partial charge in [0.25, 0.3) is 5.91 Å². The standard InChI is InChI=1S/C15H12N2O2/c16-10-9-11-5-7-12(8-6-11)15(19)17-13-3-1-2-4-14(13)18/h1-8,18H,9H2,(H,17,19). The monoisotopic (exact) mass is 252 g/mol. The van der Waals surface area contributed by atoms with E-state index in [1.54, 1.807) is 42.5 Å². The van der Waals surface area contributed by atoms with E-state index in [1.165, 1.54) is 6.07 Å². The number of phenols is 1. The number of hydrogen-bond acceptors (Lipinski definition) is 3. The fourth-order valence-corrected chi connectivity index (χ4v) is 1.64. The predicted octanol–water partition coefficient (Wildman–Crippen LogP) is 2.71. The van der Waals surface area contributed by atoms with E-state index in [1.807, 2.05) is 6.07 Å². The van der Waals surface area contributed by atoms with Crippen molar-refractivity contribution in [2.24, 2.45) is 0 Å². The maximum atomic E-state index is 11.9. The molecule has 0 bridgehead atoms. The summed E-state index contributed by atoms with van der Waals surface area (Å²) in [5.41, 5.74) is 1.71. The van der Waals surface area contributed by atoms with Crippen LogP contribution in [0.15, 0.2) is 48.5 Å². The Kier molecular flexibility index (Phi) is 3.79. The van der Waals surface area contributed by atoms with E-state index in [9.17, 15) is 9.90 Å². The average molecular weight is 252 g/mol. The van der Waals surface area contributed by atoms with Crippen molar-refractivity contribution in [3.05, 3.63) is 59.7 Å². The van der Waals surface area contributed by atoms with Crippen molar-refractivity contribution in [2.75, 3.05) is 5.32 Å². The lowest BCUT2D eigenvalue weighted by Crippen LogP contribution is -2.11. The number of phenolic OH excluding ortho intramolecular Hbond substituents is 1. The Hall–Kier alpha value is -2.80. The summed E-state index contributed by atoms with van der Waals surface area (Å²) in [4.78, 5) is 11.9. The van der Waals surface area contributed by atoms with Crippen molar-refractivity contribution < 1.29 is 9.90 Å². The van der Waals surface area contributed by atoms with Crippen LogP contribution in [0.3, 0.4) is 0 Å². The van der Waals surface area contributed by atoms with Gasteiger partial charge >= 0.3 is 0 Å². The van der Waals surface area contributed by atoms with Crippen LogP contribution >= 0.6 is 0 Å². The summed E-state index contributed by atoms with van der Waals surface area (Å²) in [5, 5.41) is 20.8. The molecule has 0 unspecified atom stereocenters. The van der Waals surface area contributed by atoms with Gasteiger partial charge in [0, 0.05) is 5.56 Å². The molecule has 0 aromatic heterocycles. The summed E-state index contributed by atoms with van der Waals surface area (Å²) in [6.45, 7) is 0. The second-order valence-electron chi connectivity index (χ2n) is 4.00. The number of nitrogens with one attached hydrogen (secondary N) is 1. The van der Waals surface area contributed by atoms with Gasteiger partial charge in [-0.1, -0.05) is 24.3 Å². The molecule has 0 radical (unpaired) electrons. The van der Waals surface area contributed by atoms with Crippen LogP contribution in [0.25, 0.3) is 0 Å². The maximum Gasteiger partial charge on any atom is 0.255 e. The van der Waals surface area contributed by atoms with Crippen molar-refractivity contribution in [2.45, 2.75) is 6.42 Å². The second kappa shape index (κ2) is 5.69. The number of nitriles is 1. The molecule has 0 heterocycles. The number of nitrogens with zero attached hydrogens (tertiary/aromatic N) is 1. The first-order chi connectivity index (χ1) is 9.20. The molecule has 19 heavy (non-hydrogen) atoms. The Labute approximate surface area is 110 Å². The Morgan fingerprint density at radius 1 is 1.16 bits per heavy atom. The first-order valence-electron chi connectivity index (χ1n) is 5.76. The van der Waals surface area contributed by atoms with Gasteiger partial charge in [-0.25, -0.2) is 0 Å². The molecule has 2 N–H and O–H groups in total. The Morgan fingerprint density at radius 2 is 1.84 bits per heavy atom. The molecular weight excluding hydrogens is 240 g/mol. The van der Waals surface area contributed by atoms with E-state index >= 15 is 0 Å². The molecular formula is C15H12N2O2. The minimum absolute atomic E-state index is 0.0250. The summed E-state index contributed by atoms with van der Waals surface area (Å²) >= 11 is 0. The van der Waals surface area contributed by atoms with E-state index in [-0.39, 0.29) is 11.7 Å². The molecule has 0 spiro atoms. The predicted molar refractivity (Wildman–Crippen MR) is 71.8 cm³/mol. The van der Waals surface area contributed by atoms with Crippen molar-refractivity contribution in [3.63, 3.8) is 0 Å². The van der Waals surface area contributed by atoms with Gasteiger partial charge in [0.2, 0.25) is 0 Å². The van der Waals surface area contributed by atoms with Crippen molar-refractivity contribution in [3.8, 4) is 11.8 Å². The highest BCUT2D eigenvalue weighted by Crippen LogP contribution is 2.22. The first-order valence-corrected chi connectivity index (χ1v) is 5.76. The highest BCUT2D eigenvalue weighted by Gasteiger charge is 2.08. The number of carbonyl (C=O) groups is 1. The Bertz CT molecular complexity index is 627. The topological polar surface area (TPSA) is 73.1 Å². The number of anilines is 1. The molecule has 0 aliphatic rings. The number of rotatable bonds is 3. The lowest BCUT2D eigenvalue weighted by molar-refractivity contribution is 0.102. The number of aromatic hydroxyl groups is 1. The molecule has 0 aliphatic heterocycles. The highest BCUT2D eigenvalue weighted by atomic mass is 16.3. The molecule has 2 rings (SSSR count). The fourth-order valence-electron chi connectivity index (χ4n) is 1.64. The van der Waals surface area contributed by atoms with Crippen LogP contribution in [-0.2, 0) is 6.42 Å². The average Bonchev–Trinajstić information content (AvgIpc) is 2.42. The van der Waals surface area contributed by atoms with Gasteiger partial charge in [0.1, 0.15) is 5.75 Å². The first kappa shape index (κ1) is 12.7. The third-order valence-electron chi connectivity index (χ3n) is 2.65. The Balaban J connectivity index is 2.12. The number of carbonyl (C=O) groups excluding carboxylic acids is 1. The van der Waals surface area contributed by atoms with Gasteiger partial charge in [-0.05, 0) is 29.8 Å². The number of para-hydroxylation sites is 2. The number of hydrogen-bond donors (Lipinski definition) is 2. The van der Waals surface area contributed by atoms with Gasteiger partial charge < -0.3 is 10.4 Å². The molecule has 4 heteroatoms. The normalized spacial score (nSPS) is 9.63. The smallest absolute Gasteiger partial charge is 0.255 e. The molecule has 0 saturated carbocycles. The maximum absolute atomic E-state index is 11.9. The van der Waals surface area contributed by atoms with Crippen LogP contribution in [0.2, 0.25) is 0 Å². The van der Waals surface area contributed by atoms with Gasteiger partial charge in [0.15, 0.2) is 0 Å². The number of amides is 1. The van der Waals surface area contributed by atoms with Crippen LogP contribution in [0.1, 0.15) is 15.9 Å². The largest absolute Gasteiger partial charge is 0.506 e. The zero-order chi connectivity index (χ0) is 13.7. The zero-order valence-electron chi connectivity index (χ0n) is 10.1. The third-order valence-corrected chi connectivity index (χ3v) is 2.65. The lowest BCUT2D eigenvalue weighted by Gasteiger charge is -2.07. The molecule has 2 aromatic rings. The van der Waals surface area contributed by atoms with Gasteiger partial charge in [-0.2, -0.15) is 5.26 Å². The number of benzene rings is 2. The molecule has 0 saturated heterocycles.